The highest BCUT2D eigenvalue weighted by atomic mass is 16.5. The molecule has 136 valence electrons. The van der Waals surface area contributed by atoms with E-state index in [4.69, 9.17) is 4.74 Å². The molecule has 1 saturated carbocycles. The molecule has 1 atom stereocenters. The van der Waals surface area contributed by atoms with Crippen LogP contribution in [0.1, 0.15) is 56.8 Å². The molecule has 6 heteroatoms. The van der Waals surface area contributed by atoms with E-state index in [0.29, 0.717) is 24.3 Å². The van der Waals surface area contributed by atoms with Crippen LogP contribution in [0.2, 0.25) is 0 Å². The van der Waals surface area contributed by atoms with Crippen LogP contribution in [-0.4, -0.2) is 45.2 Å². The number of hydrogen-bond acceptors (Lipinski definition) is 4. The number of carbonyl (C=O) groups is 2. The van der Waals surface area contributed by atoms with Gasteiger partial charge in [0.05, 0.1) is 12.2 Å². The number of aliphatic carboxylic acids is 1. The van der Waals surface area contributed by atoms with Gasteiger partial charge in [-0.3, -0.25) is 14.7 Å². The van der Waals surface area contributed by atoms with Crippen molar-refractivity contribution in [3.05, 3.63) is 30.1 Å². The van der Waals surface area contributed by atoms with Gasteiger partial charge in [0.2, 0.25) is 0 Å². The van der Waals surface area contributed by atoms with Crippen molar-refractivity contribution < 1.29 is 19.4 Å². The molecular formula is C19H26N2O4. The predicted molar refractivity (Wildman–Crippen MR) is 91.9 cm³/mol. The molecular weight excluding hydrogens is 320 g/mol. The second-order valence-corrected chi connectivity index (χ2v) is 8.17. The van der Waals surface area contributed by atoms with Crippen molar-refractivity contribution in [1.29, 1.82) is 0 Å². The van der Waals surface area contributed by atoms with Gasteiger partial charge in [-0.1, -0.05) is 20.8 Å². The molecule has 0 aromatic carbocycles. The molecule has 2 heterocycles. The maximum Gasteiger partial charge on any atom is 0.328 e. The molecule has 2 aliphatic rings. The van der Waals surface area contributed by atoms with Gasteiger partial charge in [-0.15, -0.1) is 0 Å². The van der Waals surface area contributed by atoms with Crippen LogP contribution in [0.4, 0.5) is 0 Å². The van der Waals surface area contributed by atoms with Gasteiger partial charge in [0, 0.05) is 12.4 Å². The minimum atomic E-state index is -1.02. The second-order valence-electron chi connectivity index (χ2n) is 8.17. The number of carboxylic acid groups (broad SMARTS) is 1. The lowest BCUT2D eigenvalue weighted by Crippen LogP contribution is -2.55. The van der Waals surface area contributed by atoms with E-state index in [-0.39, 0.29) is 17.9 Å². The fraction of sp³-hybridized carbons (Fsp3) is 0.632. The van der Waals surface area contributed by atoms with Gasteiger partial charge >= 0.3 is 5.97 Å². The molecule has 1 aromatic heterocycles. The lowest BCUT2D eigenvalue weighted by atomic mass is 9.70. The highest BCUT2D eigenvalue weighted by Crippen LogP contribution is 2.47. The van der Waals surface area contributed by atoms with E-state index in [1.165, 1.54) is 11.1 Å². The first-order valence-electron chi connectivity index (χ1n) is 8.85. The fourth-order valence-corrected chi connectivity index (χ4v) is 4.12. The van der Waals surface area contributed by atoms with E-state index in [2.05, 4.69) is 25.8 Å². The van der Waals surface area contributed by atoms with Crippen LogP contribution < -0.4 is 0 Å². The molecule has 0 radical (unpaired) electrons. The summed E-state index contributed by atoms with van der Waals surface area (Å²) in [5.41, 5.74) is -0.209. The summed E-state index contributed by atoms with van der Waals surface area (Å²) >= 11 is 0. The van der Waals surface area contributed by atoms with E-state index < -0.39 is 17.7 Å². The largest absolute Gasteiger partial charge is 0.480 e. The van der Waals surface area contributed by atoms with Crippen molar-refractivity contribution in [2.24, 2.45) is 11.3 Å². The Hall–Kier alpha value is -1.95. The second kappa shape index (κ2) is 6.41. The number of ether oxygens (including phenoxy) is 1. The van der Waals surface area contributed by atoms with Crippen LogP contribution in [0.15, 0.2) is 24.5 Å². The first kappa shape index (κ1) is 17.9. The zero-order valence-corrected chi connectivity index (χ0v) is 15.1. The molecule has 1 N–H and O–H groups in total. The normalized spacial score (nSPS) is 29.8. The number of aromatic nitrogens is 1. The summed E-state index contributed by atoms with van der Waals surface area (Å²) in [6.45, 7) is 6.72. The average molecular weight is 346 g/mol. The maximum atomic E-state index is 13.1. The lowest BCUT2D eigenvalue weighted by Gasteiger charge is -2.46. The van der Waals surface area contributed by atoms with Crippen LogP contribution in [0.25, 0.3) is 0 Å². The lowest BCUT2D eigenvalue weighted by molar-refractivity contribution is -0.144. The van der Waals surface area contributed by atoms with Crippen molar-refractivity contribution in [2.45, 2.75) is 58.2 Å². The van der Waals surface area contributed by atoms with Crippen LogP contribution in [0, 0.1) is 11.3 Å². The van der Waals surface area contributed by atoms with Crippen LogP contribution in [0.3, 0.4) is 0 Å². The Bertz CT molecular complexity index is 645. The minimum Gasteiger partial charge on any atom is -0.480 e. The third-order valence-electron chi connectivity index (χ3n) is 5.66. The third kappa shape index (κ3) is 3.27. The Morgan fingerprint density at radius 2 is 2.00 bits per heavy atom. The summed E-state index contributed by atoms with van der Waals surface area (Å²) < 4.78 is 5.98. The molecule has 0 bridgehead atoms. The quantitative estimate of drug-likeness (QED) is 0.890. The number of rotatable bonds is 2. The molecule has 0 unspecified atom stereocenters. The van der Waals surface area contributed by atoms with Gasteiger partial charge in [0.1, 0.15) is 5.72 Å². The zero-order valence-electron chi connectivity index (χ0n) is 15.1. The first-order valence-corrected chi connectivity index (χ1v) is 8.85. The van der Waals surface area contributed by atoms with E-state index in [9.17, 15) is 14.7 Å². The molecule has 25 heavy (non-hydrogen) atoms. The zero-order chi connectivity index (χ0) is 18.2. The summed E-state index contributed by atoms with van der Waals surface area (Å²) in [5, 5.41) is 9.59. The molecule has 1 spiro atoms. The Kier molecular flexibility index (Phi) is 4.58. The topological polar surface area (TPSA) is 79.7 Å². The number of hydrogen-bond donors (Lipinski definition) is 1. The van der Waals surface area contributed by atoms with Gasteiger partial charge in [0.25, 0.3) is 5.91 Å². The number of amides is 1. The number of pyridine rings is 1. The predicted octanol–water partition coefficient (Wildman–Crippen LogP) is 2.94. The molecule has 3 rings (SSSR count). The van der Waals surface area contributed by atoms with Gasteiger partial charge in [-0.2, -0.15) is 0 Å². The molecule has 6 nitrogen and oxygen atoms in total. The summed E-state index contributed by atoms with van der Waals surface area (Å²) in [6, 6.07) is 2.41. The third-order valence-corrected chi connectivity index (χ3v) is 5.66. The first-order chi connectivity index (χ1) is 11.7. The van der Waals surface area contributed by atoms with E-state index in [1.54, 1.807) is 18.3 Å². The summed E-state index contributed by atoms with van der Waals surface area (Å²) in [7, 11) is 0. The van der Waals surface area contributed by atoms with E-state index >= 15 is 0 Å². The summed E-state index contributed by atoms with van der Waals surface area (Å²) in [6.07, 6.45) is 6.26. The van der Waals surface area contributed by atoms with Crippen molar-refractivity contribution in [2.75, 3.05) is 6.61 Å². The van der Waals surface area contributed by atoms with Crippen molar-refractivity contribution in [3.63, 3.8) is 0 Å². The number of carboxylic acids is 1. The van der Waals surface area contributed by atoms with Gasteiger partial charge < -0.3 is 9.84 Å². The Morgan fingerprint density at radius 3 is 2.52 bits per heavy atom. The Morgan fingerprint density at radius 1 is 1.32 bits per heavy atom. The SMILES string of the molecule is CC(C)(C)C1CCC2(CC1)OC[C@H](C(=O)O)N2C(=O)c1cccnc1. The molecule has 1 aliphatic carbocycles. The van der Waals surface area contributed by atoms with Crippen LogP contribution in [-0.2, 0) is 9.53 Å². The molecule has 2 fully saturated rings. The summed E-state index contributed by atoms with van der Waals surface area (Å²) in [5.74, 6) is -0.791. The van der Waals surface area contributed by atoms with Crippen molar-refractivity contribution in [3.8, 4) is 0 Å². The van der Waals surface area contributed by atoms with Gasteiger partial charge in [-0.05, 0) is 49.1 Å². The van der Waals surface area contributed by atoms with Crippen LogP contribution >= 0.6 is 0 Å². The smallest absolute Gasteiger partial charge is 0.328 e. The van der Waals surface area contributed by atoms with Gasteiger partial charge in [-0.25, -0.2) is 4.79 Å². The van der Waals surface area contributed by atoms with Crippen LogP contribution in [0.5, 0.6) is 0 Å². The monoisotopic (exact) mass is 346 g/mol. The molecule has 1 aliphatic heterocycles. The van der Waals surface area contributed by atoms with E-state index in [1.807, 2.05) is 0 Å². The van der Waals surface area contributed by atoms with Gasteiger partial charge in [0.15, 0.2) is 6.04 Å². The van der Waals surface area contributed by atoms with Crippen molar-refractivity contribution >= 4 is 11.9 Å². The number of nitrogens with zero attached hydrogens (tertiary/aromatic N) is 2. The van der Waals surface area contributed by atoms with E-state index in [0.717, 1.165) is 12.8 Å². The molecule has 1 amide bonds. The fourth-order valence-electron chi connectivity index (χ4n) is 4.12. The minimum absolute atomic E-state index is 0.0432. The Labute approximate surface area is 148 Å². The molecule has 1 aromatic rings. The Balaban J connectivity index is 1.88. The highest BCUT2D eigenvalue weighted by molar-refractivity contribution is 5.97. The average Bonchev–Trinajstić information content (AvgIpc) is 2.93. The van der Waals surface area contributed by atoms with Crippen molar-refractivity contribution in [1.82, 2.24) is 9.88 Å². The summed E-state index contributed by atoms with van der Waals surface area (Å²) in [4.78, 5) is 30.2. The molecule has 1 saturated heterocycles. The highest BCUT2D eigenvalue weighted by Gasteiger charge is 2.54. The maximum absolute atomic E-state index is 13.1. The standard InChI is InChI=1S/C19H26N2O4/c1-18(2,3)14-6-8-19(9-7-14)21(15(12-25-19)17(23)24)16(22)13-5-4-10-20-11-13/h4-5,10-11,14-15H,6-9,12H2,1-3H3,(H,23,24)/t14?,15-,19?/m1/s1. The number of carbonyl (C=O) groups excluding carboxylic acids is 1.